The summed E-state index contributed by atoms with van der Waals surface area (Å²) in [6, 6.07) is 16.6. The molecule has 0 aromatic heterocycles. The van der Waals surface area contributed by atoms with Crippen LogP contribution in [-0.2, 0) is 4.74 Å². The predicted octanol–water partition coefficient (Wildman–Crippen LogP) is 2.72. The van der Waals surface area contributed by atoms with Crippen molar-refractivity contribution in [2.75, 3.05) is 18.5 Å². The van der Waals surface area contributed by atoms with Gasteiger partial charge in [-0.3, -0.25) is 4.79 Å². The Kier molecular flexibility index (Phi) is 3.65. The summed E-state index contributed by atoms with van der Waals surface area (Å²) in [5.41, 5.74) is 1.29. The van der Waals surface area contributed by atoms with Gasteiger partial charge in [0.05, 0.1) is 12.2 Å². The Hall–Kier alpha value is -2.33. The molecule has 1 saturated heterocycles. The van der Waals surface area contributed by atoms with Gasteiger partial charge < -0.3 is 14.8 Å². The Balaban J connectivity index is 1.72. The number of hydrogen-bond acceptors (Lipinski definition) is 3. The number of rotatable bonds is 5. The van der Waals surface area contributed by atoms with Crippen molar-refractivity contribution in [3.63, 3.8) is 0 Å². The first-order valence-electron chi connectivity index (χ1n) is 6.53. The van der Waals surface area contributed by atoms with Crippen molar-refractivity contribution in [3.8, 4) is 5.75 Å². The summed E-state index contributed by atoms with van der Waals surface area (Å²) in [6.07, 6.45) is 0.167. The maximum absolute atomic E-state index is 12.3. The number of carbonyl (C=O) groups is 1. The van der Waals surface area contributed by atoms with Crippen molar-refractivity contribution in [1.29, 1.82) is 0 Å². The zero-order valence-corrected chi connectivity index (χ0v) is 10.9. The quantitative estimate of drug-likeness (QED) is 0.849. The molecule has 0 bridgehead atoms. The summed E-state index contributed by atoms with van der Waals surface area (Å²) in [4.78, 5) is 12.3. The summed E-state index contributed by atoms with van der Waals surface area (Å²) in [5, 5.41) is 2.85. The molecule has 20 heavy (non-hydrogen) atoms. The van der Waals surface area contributed by atoms with Gasteiger partial charge in [-0.1, -0.05) is 30.3 Å². The molecule has 0 unspecified atom stereocenters. The summed E-state index contributed by atoms with van der Waals surface area (Å²) in [5.74, 6) is 0.403. The van der Waals surface area contributed by atoms with Gasteiger partial charge in [-0.05, 0) is 24.3 Å². The monoisotopic (exact) mass is 269 g/mol. The molecule has 4 nitrogen and oxygen atoms in total. The molecule has 0 spiro atoms. The Morgan fingerprint density at radius 1 is 1.15 bits per heavy atom. The van der Waals surface area contributed by atoms with Gasteiger partial charge in [0.1, 0.15) is 18.5 Å². The van der Waals surface area contributed by atoms with Crippen LogP contribution in [0.3, 0.4) is 0 Å². The molecular weight excluding hydrogens is 254 g/mol. The van der Waals surface area contributed by atoms with Crippen LogP contribution in [0.1, 0.15) is 10.4 Å². The standard InChI is InChI=1S/C16H15NO3/c18-16(17-12-6-2-1-3-7-12)14-8-4-5-9-15(14)20-11-13-10-19-13/h1-9,13H,10-11H2,(H,17,18)/t13-/m0/s1. The number of hydrogen-bond donors (Lipinski definition) is 1. The average Bonchev–Trinajstić information content (AvgIpc) is 3.31. The lowest BCUT2D eigenvalue weighted by atomic mass is 10.2. The van der Waals surface area contributed by atoms with Crippen molar-refractivity contribution < 1.29 is 14.3 Å². The first kappa shape index (κ1) is 12.7. The fourth-order valence-corrected chi connectivity index (χ4v) is 1.85. The fraction of sp³-hybridized carbons (Fsp3) is 0.188. The zero-order valence-electron chi connectivity index (χ0n) is 10.9. The Bertz CT molecular complexity index is 594. The molecule has 2 aromatic carbocycles. The molecule has 1 N–H and O–H groups in total. The summed E-state index contributed by atoms with van der Waals surface area (Å²) in [6.45, 7) is 1.22. The Labute approximate surface area is 117 Å². The first-order valence-corrected chi connectivity index (χ1v) is 6.53. The number of ether oxygens (including phenoxy) is 2. The van der Waals surface area contributed by atoms with Crippen LogP contribution in [0.25, 0.3) is 0 Å². The van der Waals surface area contributed by atoms with E-state index in [1.807, 2.05) is 42.5 Å². The number of carbonyl (C=O) groups excluding carboxylic acids is 1. The van der Waals surface area contributed by atoms with Gasteiger partial charge in [-0.25, -0.2) is 0 Å². The molecule has 4 heteroatoms. The summed E-state index contributed by atoms with van der Waals surface area (Å²) >= 11 is 0. The average molecular weight is 269 g/mol. The number of amides is 1. The van der Waals surface area contributed by atoms with Gasteiger partial charge in [0.15, 0.2) is 0 Å². The highest BCUT2D eigenvalue weighted by molar-refractivity contribution is 6.06. The number of benzene rings is 2. The van der Waals surface area contributed by atoms with E-state index in [4.69, 9.17) is 9.47 Å². The second-order valence-electron chi connectivity index (χ2n) is 4.58. The lowest BCUT2D eigenvalue weighted by molar-refractivity contribution is 0.102. The molecule has 3 rings (SSSR count). The predicted molar refractivity (Wildman–Crippen MR) is 76.1 cm³/mol. The third kappa shape index (κ3) is 3.16. The smallest absolute Gasteiger partial charge is 0.259 e. The van der Waals surface area contributed by atoms with Crippen molar-refractivity contribution in [2.45, 2.75) is 6.10 Å². The highest BCUT2D eigenvalue weighted by atomic mass is 16.6. The van der Waals surface area contributed by atoms with E-state index in [1.165, 1.54) is 0 Å². The number of epoxide rings is 1. The van der Waals surface area contributed by atoms with E-state index >= 15 is 0 Å². The molecule has 1 atom stereocenters. The molecular formula is C16H15NO3. The molecule has 102 valence electrons. The van der Waals surface area contributed by atoms with Crippen LogP contribution in [0.2, 0.25) is 0 Å². The van der Waals surface area contributed by atoms with Crippen molar-refractivity contribution in [3.05, 3.63) is 60.2 Å². The number of para-hydroxylation sites is 2. The van der Waals surface area contributed by atoms with Crippen LogP contribution in [0.15, 0.2) is 54.6 Å². The maximum Gasteiger partial charge on any atom is 0.259 e. The molecule has 1 amide bonds. The molecule has 1 heterocycles. The van der Waals surface area contributed by atoms with Crippen molar-refractivity contribution in [2.24, 2.45) is 0 Å². The first-order chi connectivity index (χ1) is 9.83. The third-order valence-electron chi connectivity index (χ3n) is 2.99. The Morgan fingerprint density at radius 2 is 1.85 bits per heavy atom. The van der Waals surface area contributed by atoms with Crippen LogP contribution >= 0.6 is 0 Å². The molecule has 0 aliphatic carbocycles. The number of anilines is 1. The molecule has 1 aliphatic heterocycles. The minimum atomic E-state index is -0.177. The largest absolute Gasteiger partial charge is 0.490 e. The third-order valence-corrected chi connectivity index (χ3v) is 2.99. The Morgan fingerprint density at radius 3 is 2.60 bits per heavy atom. The SMILES string of the molecule is O=C(Nc1ccccc1)c1ccccc1OC[C@@H]1CO1. The zero-order chi connectivity index (χ0) is 13.8. The van der Waals surface area contributed by atoms with E-state index in [1.54, 1.807) is 12.1 Å². The lowest BCUT2D eigenvalue weighted by Gasteiger charge is -2.10. The highest BCUT2D eigenvalue weighted by Crippen LogP contribution is 2.21. The summed E-state index contributed by atoms with van der Waals surface area (Å²) in [7, 11) is 0. The van der Waals surface area contributed by atoms with Gasteiger partial charge in [-0.15, -0.1) is 0 Å². The molecule has 2 aromatic rings. The van der Waals surface area contributed by atoms with Crippen LogP contribution in [0.5, 0.6) is 5.75 Å². The minimum absolute atomic E-state index is 0.167. The van der Waals surface area contributed by atoms with E-state index in [0.717, 1.165) is 12.3 Å². The van der Waals surface area contributed by atoms with E-state index in [0.29, 0.717) is 17.9 Å². The van der Waals surface area contributed by atoms with Crippen molar-refractivity contribution >= 4 is 11.6 Å². The molecule has 1 aliphatic rings. The van der Waals surface area contributed by atoms with E-state index in [2.05, 4.69) is 5.32 Å². The molecule has 0 saturated carbocycles. The molecule has 0 radical (unpaired) electrons. The highest BCUT2D eigenvalue weighted by Gasteiger charge is 2.24. The topological polar surface area (TPSA) is 50.9 Å². The second kappa shape index (κ2) is 5.75. The van der Waals surface area contributed by atoms with Crippen LogP contribution in [0.4, 0.5) is 5.69 Å². The van der Waals surface area contributed by atoms with Crippen LogP contribution < -0.4 is 10.1 Å². The minimum Gasteiger partial charge on any atom is -0.490 e. The van der Waals surface area contributed by atoms with Crippen molar-refractivity contribution in [1.82, 2.24) is 0 Å². The maximum atomic E-state index is 12.3. The second-order valence-corrected chi connectivity index (χ2v) is 4.58. The van der Waals surface area contributed by atoms with Gasteiger partial charge in [0, 0.05) is 5.69 Å². The summed E-state index contributed by atoms with van der Waals surface area (Å²) < 4.78 is 10.7. The van der Waals surface area contributed by atoms with Gasteiger partial charge >= 0.3 is 0 Å². The van der Waals surface area contributed by atoms with Gasteiger partial charge in [0.2, 0.25) is 0 Å². The van der Waals surface area contributed by atoms with E-state index in [9.17, 15) is 4.79 Å². The van der Waals surface area contributed by atoms with Crippen LogP contribution in [-0.4, -0.2) is 25.2 Å². The van der Waals surface area contributed by atoms with E-state index in [-0.39, 0.29) is 12.0 Å². The normalized spacial score (nSPS) is 16.5. The van der Waals surface area contributed by atoms with E-state index < -0.39 is 0 Å². The van der Waals surface area contributed by atoms with Crippen LogP contribution in [0, 0.1) is 0 Å². The van der Waals surface area contributed by atoms with Gasteiger partial charge in [0.25, 0.3) is 5.91 Å². The molecule has 1 fully saturated rings. The fourth-order valence-electron chi connectivity index (χ4n) is 1.85. The number of nitrogens with one attached hydrogen (secondary N) is 1. The lowest BCUT2D eigenvalue weighted by Crippen LogP contribution is -2.14. The van der Waals surface area contributed by atoms with Gasteiger partial charge in [-0.2, -0.15) is 0 Å².